The maximum absolute atomic E-state index is 14.0. The minimum atomic E-state index is -0.571. The predicted octanol–water partition coefficient (Wildman–Crippen LogP) is 4.21. The van der Waals surface area contributed by atoms with Crippen LogP contribution in [-0.4, -0.2) is 33.1 Å². The van der Waals surface area contributed by atoms with Crippen LogP contribution in [0.2, 0.25) is 0 Å². The number of amides is 1. The van der Waals surface area contributed by atoms with Crippen molar-refractivity contribution in [1.29, 1.82) is 5.26 Å². The summed E-state index contributed by atoms with van der Waals surface area (Å²) in [6, 6.07) is 7.66. The Hall–Kier alpha value is -3.73. The minimum absolute atomic E-state index is 0.0324. The molecular weight excluding hydrogens is 387 g/mol. The number of carbonyl (C=O) groups excluding carboxylic acids is 1. The quantitative estimate of drug-likeness (QED) is 0.753. The van der Waals surface area contributed by atoms with E-state index in [0.717, 1.165) is 11.6 Å². The van der Waals surface area contributed by atoms with Crippen molar-refractivity contribution in [2.45, 2.75) is 33.0 Å². The number of nitrogens with zero attached hydrogens (tertiary/aromatic N) is 4. The number of rotatable bonds is 4. The summed E-state index contributed by atoms with van der Waals surface area (Å²) in [5.74, 6) is 0.198. The van der Waals surface area contributed by atoms with Crippen LogP contribution in [0.25, 0.3) is 5.57 Å². The van der Waals surface area contributed by atoms with Gasteiger partial charge in [0.2, 0.25) is 5.88 Å². The van der Waals surface area contributed by atoms with Gasteiger partial charge in [0.25, 0.3) is 0 Å². The summed E-state index contributed by atoms with van der Waals surface area (Å²) in [4.78, 5) is 22.1. The Bertz CT molecular complexity index is 1050. The number of ether oxygens (including phenoxy) is 2. The fourth-order valence-corrected chi connectivity index (χ4v) is 2.56. The molecule has 8 heteroatoms. The van der Waals surface area contributed by atoms with Gasteiger partial charge in [-0.3, -0.25) is 4.90 Å². The number of aromatic nitrogens is 2. The molecule has 3 rings (SSSR count). The normalized spacial score (nSPS) is 13.4. The molecule has 1 aliphatic rings. The van der Waals surface area contributed by atoms with Crippen LogP contribution in [0.15, 0.2) is 48.8 Å². The van der Waals surface area contributed by atoms with E-state index in [-0.39, 0.29) is 18.1 Å². The van der Waals surface area contributed by atoms with Gasteiger partial charge >= 0.3 is 6.09 Å². The maximum atomic E-state index is 14.0. The van der Waals surface area contributed by atoms with Crippen molar-refractivity contribution in [3.05, 3.63) is 71.6 Å². The lowest BCUT2D eigenvalue weighted by molar-refractivity contribution is 0.0350. The minimum Gasteiger partial charge on any atom is -0.473 e. The standard InChI is InChI=1S/C22H21FN4O3/c1-22(2,3)30-21(28)27-10-7-16(8-11-27)20-25-9-6-19(26-20)29-14-17-5-4-15(13-24)12-18(17)23/h4-10,12H,11,14H2,1-3H3. The molecule has 0 aliphatic carbocycles. The van der Waals surface area contributed by atoms with E-state index in [2.05, 4.69) is 9.97 Å². The molecule has 0 saturated heterocycles. The summed E-state index contributed by atoms with van der Waals surface area (Å²) < 4.78 is 24.9. The van der Waals surface area contributed by atoms with Gasteiger partial charge < -0.3 is 9.47 Å². The SMILES string of the molecule is CC(C)(C)OC(=O)N1C=CC(c2nccc(OCc3ccc(C#N)cc3F)n2)=CC1. The highest BCUT2D eigenvalue weighted by atomic mass is 19.1. The first-order valence-electron chi connectivity index (χ1n) is 9.28. The molecule has 2 aromatic rings. The molecule has 1 amide bonds. The molecule has 0 atom stereocenters. The van der Waals surface area contributed by atoms with Crippen LogP contribution < -0.4 is 4.74 Å². The second-order valence-corrected chi connectivity index (χ2v) is 7.53. The number of hydrogen-bond acceptors (Lipinski definition) is 6. The lowest BCUT2D eigenvalue weighted by Crippen LogP contribution is -2.34. The molecule has 2 heterocycles. The lowest BCUT2D eigenvalue weighted by atomic mass is 10.1. The largest absolute Gasteiger partial charge is 0.473 e. The van der Waals surface area contributed by atoms with Gasteiger partial charge in [-0.15, -0.1) is 0 Å². The van der Waals surface area contributed by atoms with E-state index in [9.17, 15) is 9.18 Å². The van der Waals surface area contributed by atoms with Crippen LogP contribution in [0.4, 0.5) is 9.18 Å². The predicted molar refractivity (Wildman–Crippen MR) is 108 cm³/mol. The van der Waals surface area contributed by atoms with Crippen molar-refractivity contribution in [3.8, 4) is 11.9 Å². The van der Waals surface area contributed by atoms with E-state index in [1.807, 2.05) is 32.9 Å². The molecular formula is C22H21FN4O3. The fourth-order valence-electron chi connectivity index (χ4n) is 2.56. The number of benzene rings is 1. The molecule has 154 valence electrons. The van der Waals surface area contributed by atoms with Gasteiger partial charge in [0.15, 0.2) is 5.82 Å². The number of hydrogen-bond donors (Lipinski definition) is 0. The van der Waals surface area contributed by atoms with Crippen molar-refractivity contribution >= 4 is 11.7 Å². The zero-order valence-electron chi connectivity index (χ0n) is 16.9. The van der Waals surface area contributed by atoms with E-state index in [4.69, 9.17) is 14.7 Å². The topological polar surface area (TPSA) is 88.3 Å². The van der Waals surface area contributed by atoms with Crippen LogP contribution in [-0.2, 0) is 11.3 Å². The maximum Gasteiger partial charge on any atom is 0.414 e. The Morgan fingerprint density at radius 3 is 2.77 bits per heavy atom. The summed E-state index contributed by atoms with van der Waals surface area (Å²) in [5.41, 5.74) is 0.721. The van der Waals surface area contributed by atoms with Crippen molar-refractivity contribution in [2.75, 3.05) is 6.54 Å². The van der Waals surface area contributed by atoms with Crippen LogP contribution in [0.3, 0.4) is 0 Å². The van der Waals surface area contributed by atoms with E-state index in [0.29, 0.717) is 17.9 Å². The molecule has 1 aromatic carbocycles. The van der Waals surface area contributed by atoms with Crippen LogP contribution in [0, 0.1) is 17.1 Å². The smallest absolute Gasteiger partial charge is 0.414 e. The molecule has 0 saturated carbocycles. The van der Waals surface area contributed by atoms with Gasteiger partial charge in [0.1, 0.15) is 18.0 Å². The molecule has 30 heavy (non-hydrogen) atoms. The van der Waals surface area contributed by atoms with Gasteiger partial charge in [0, 0.05) is 36.1 Å². The Kier molecular flexibility index (Phi) is 6.11. The lowest BCUT2D eigenvalue weighted by Gasteiger charge is -2.26. The molecule has 0 spiro atoms. The Morgan fingerprint density at radius 2 is 2.13 bits per heavy atom. The Balaban J connectivity index is 1.64. The van der Waals surface area contributed by atoms with Crippen LogP contribution in [0.5, 0.6) is 5.88 Å². The van der Waals surface area contributed by atoms with Gasteiger partial charge in [0.05, 0.1) is 11.6 Å². The van der Waals surface area contributed by atoms with Gasteiger partial charge in [-0.05, 0) is 39.0 Å². The number of carbonyl (C=O) groups is 1. The first-order valence-corrected chi connectivity index (χ1v) is 9.28. The molecule has 0 fully saturated rings. The summed E-state index contributed by atoms with van der Waals surface area (Å²) in [7, 11) is 0. The molecule has 0 bridgehead atoms. The molecule has 1 aliphatic heterocycles. The molecule has 7 nitrogen and oxygen atoms in total. The average Bonchev–Trinajstić information content (AvgIpc) is 2.72. The van der Waals surface area contributed by atoms with Crippen molar-refractivity contribution in [1.82, 2.24) is 14.9 Å². The zero-order valence-corrected chi connectivity index (χ0v) is 16.9. The van der Waals surface area contributed by atoms with Crippen LogP contribution in [0.1, 0.15) is 37.7 Å². The molecule has 0 radical (unpaired) electrons. The van der Waals surface area contributed by atoms with E-state index < -0.39 is 17.5 Å². The molecule has 0 unspecified atom stereocenters. The van der Waals surface area contributed by atoms with Crippen LogP contribution >= 0.6 is 0 Å². The monoisotopic (exact) mass is 408 g/mol. The molecule has 1 aromatic heterocycles. The second-order valence-electron chi connectivity index (χ2n) is 7.53. The van der Waals surface area contributed by atoms with E-state index in [1.54, 1.807) is 24.5 Å². The Morgan fingerprint density at radius 1 is 1.33 bits per heavy atom. The highest BCUT2D eigenvalue weighted by Crippen LogP contribution is 2.20. The zero-order chi connectivity index (χ0) is 21.7. The van der Waals surface area contributed by atoms with Crippen molar-refractivity contribution in [2.24, 2.45) is 0 Å². The van der Waals surface area contributed by atoms with Crippen molar-refractivity contribution in [3.63, 3.8) is 0 Å². The fraction of sp³-hybridized carbons (Fsp3) is 0.273. The highest BCUT2D eigenvalue weighted by Gasteiger charge is 2.22. The second kappa shape index (κ2) is 8.74. The number of nitriles is 1. The molecule has 0 N–H and O–H groups in total. The summed E-state index contributed by atoms with van der Waals surface area (Å²) in [6.07, 6.45) is 6.25. The summed E-state index contributed by atoms with van der Waals surface area (Å²) >= 11 is 0. The number of allylic oxidation sites excluding steroid dienone is 2. The third-order valence-electron chi connectivity index (χ3n) is 4.02. The van der Waals surface area contributed by atoms with Gasteiger partial charge in [-0.25, -0.2) is 14.2 Å². The van der Waals surface area contributed by atoms with E-state index in [1.165, 1.54) is 17.0 Å². The van der Waals surface area contributed by atoms with Gasteiger partial charge in [-0.1, -0.05) is 12.1 Å². The average molecular weight is 408 g/mol. The number of halogens is 1. The van der Waals surface area contributed by atoms with Gasteiger partial charge in [-0.2, -0.15) is 10.2 Å². The first-order chi connectivity index (χ1) is 14.2. The summed E-state index contributed by atoms with van der Waals surface area (Å²) in [6.45, 7) is 5.72. The third-order valence-corrected chi connectivity index (χ3v) is 4.02. The highest BCUT2D eigenvalue weighted by molar-refractivity contribution is 5.76. The van der Waals surface area contributed by atoms with Crippen molar-refractivity contribution < 1.29 is 18.7 Å². The first kappa shape index (κ1) is 21.0. The summed E-state index contributed by atoms with van der Waals surface area (Å²) in [5, 5.41) is 8.81. The third kappa shape index (κ3) is 5.41. The Labute approximate surface area is 174 Å². The van der Waals surface area contributed by atoms with E-state index >= 15 is 0 Å².